The molecule has 1 amide bonds. The molecule has 0 aliphatic heterocycles. The summed E-state index contributed by atoms with van der Waals surface area (Å²) in [5.41, 5.74) is -0.347. The van der Waals surface area contributed by atoms with Gasteiger partial charge in [0.2, 0.25) is 0 Å². The van der Waals surface area contributed by atoms with Crippen LogP contribution in [-0.2, 0) is 4.79 Å². The normalized spacial score (nSPS) is 10.4. The fraction of sp³-hybridized carbons (Fsp3) is 0.125. The minimum absolute atomic E-state index is 0.118. The van der Waals surface area contributed by atoms with Gasteiger partial charge in [-0.2, -0.15) is 0 Å². The summed E-state index contributed by atoms with van der Waals surface area (Å²) in [6.45, 7) is 0.732. The standard InChI is InChI=1S/C16H11ClF3NO3/c1-8(22)10-6-9(17)2-5-13(10)24-7-14(23)21-12-4-3-11(18)15(19)16(12)20/h2-6H,7H2,1H3,(H,21,23). The van der Waals surface area contributed by atoms with Crippen LogP contribution in [0.5, 0.6) is 5.75 Å². The second kappa shape index (κ2) is 7.35. The van der Waals surface area contributed by atoms with E-state index in [1.807, 2.05) is 0 Å². The van der Waals surface area contributed by atoms with Gasteiger partial charge in [0, 0.05) is 5.02 Å². The molecular formula is C16H11ClF3NO3. The first kappa shape index (κ1) is 17.8. The summed E-state index contributed by atoms with van der Waals surface area (Å²) in [6, 6.07) is 5.82. The maximum absolute atomic E-state index is 13.5. The second-order valence-corrected chi connectivity index (χ2v) is 5.19. The minimum Gasteiger partial charge on any atom is -0.483 e. The zero-order valence-corrected chi connectivity index (χ0v) is 13.1. The van der Waals surface area contributed by atoms with E-state index in [1.165, 1.54) is 25.1 Å². The summed E-state index contributed by atoms with van der Waals surface area (Å²) in [4.78, 5) is 23.3. The number of hydrogen-bond acceptors (Lipinski definition) is 3. The highest BCUT2D eigenvalue weighted by Crippen LogP contribution is 2.24. The van der Waals surface area contributed by atoms with E-state index in [0.29, 0.717) is 11.1 Å². The van der Waals surface area contributed by atoms with Crippen LogP contribution >= 0.6 is 11.6 Å². The number of rotatable bonds is 5. The largest absolute Gasteiger partial charge is 0.483 e. The van der Waals surface area contributed by atoms with Gasteiger partial charge in [-0.3, -0.25) is 9.59 Å². The number of halogens is 4. The number of Topliss-reactive ketones (excluding diaryl/α,β-unsaturated/α-hetero) is 1. The molecule has 126 valence electrons. The number of carbonyl (C=O) groups is 2. The van der Waals surface area contributed by atoms with Crippen LogP contribution in [0, 0.1) is 17.5 Å². The van der Waals surface area contributed by atoms with E-state index >= 15 is 0 Å². The molecule has 0 bridgehead atoms. The molecule has 0 saturated carbocycles. The van der Waals surface area contributed by atoms with Crippen LogP contribution < -0.4 is 10.1 Å². The van der Waals surface area contributed by atoms with Crippen LogP contribution in [0.4, 0.5) is 18.9 Å². The molecular weight excluding hydrogens is 347 g/mol. The highest BCUT2D eigenvalue weighted by molar-refractivity contribution is 6.31. The molecule has 0 aromatic heterocycles. The summed E-state index contributed by atoms with van der Waals surface area (Å²) in [6.07, 6.45) is 0. The van der Waals surface area contributed by atoms with Gasteiger partial charge in [-0.25, -0.2) is 13.2 Å². The van der Waals surface area contributed by atoms with Gasteiger partial charge in [0.15, 0.2) is 29.8 Å². The van der Waals surface area contributed by atoms with Crippen molar-refractivity contribution in [3.63, 3.8) is 0 Å². The molecule has 0 heterocycles. The highest BCUT2D eigenvalue weighted by Gasteiger charge is 2.16. The lowest BCUT2D eigenvalue weighted by atomic mass is 10.1. The molecule has 0 aliphatic rings. The van der Waals surface area contributed by atoms with Crippen LogP contribution in [0.2, 0.25) is 5.02 Å². The Kier molecular flexibility index (Phi) is 5.46. The number of amides is 1. The maximum Gasteiger partial charge on any atom is 0.262 e. The number of ether oxygens (including phenoxy) is 1. The van der Waals surface area contributed by atoms with Crippen molar-refractivity contribution in [2.45, 2.75) is 6.92 Å². The molecule has 24 heavy (non-hydrogen) atoms. The van der Waals surface area contributed by atoms with Gasteiger partial charge < -0.3 is 10.1 Å². The molecule has 0 radical (unpaired) electrons. The molecule has 0 unspecified atom stereocenters. The Balaban J connectivity index is 2.07. The van der Waals surface area contributed by atoms with E-state index in [1.54, 1.807) is 0 Å². The smallest absolute Gasteiger partial charge is 0.262 e. The highest BCUT2D eigenvalue weighted by atomic mass is 35.5. The van der Waals surface area contributed by atoms with Crippen LogP contribution in [0.25, 0.3) is 0 Å². The van der Waals surface area contributed by atoms with E-state index in [0.717, 1.165) is 6.07 Å². The van der Waals surface area contributed by atoms with Crippen LogP contribution in [0.1, 0.15) is 17.3 Å². The first-order valence-corrected chi connectivity index (χ1v) is 7.04. The maximum atomic E-state index is 13.5. The second-order valence-electron chi connectivity index (χ2n) is 4.76. The fourth-order valence-corrected chi connectivity index (χ4v) is 2.03. The van der Waals surface area contributed by atoms with Crippen LogP contribution in [-0.4, -0.2) is 18.3 Å². The Bertz CT molecular complexity index is 811. The number of benzene rings is 2. The lowest BCUT2D eigenvalue weighted by molar-refractivity contribution is -0.118. The van der Waals surface area contributed by atoms with Crippen molar-refractivity contribution in [1.82, 2.24) is 0 Å². The Morgan fingerprint density at radius 3 is 2.50 bits per heavy atom. The molecule has 2 rings (SSSR count). The summed E-state index contributed by atoms with van der Waals surface area (Å²) >= 11 is 5.78. The monoisotopic (exact) mass is 357 g/mol. The van der Waals surface area contributed by atoms with E-state index < -0.39 is 35.7 Å². The molecule has 8 heteroatoms. The molecule has 0 atom stereocenters. The summed E-state index contributed by atoms with van der Waals surface area (Å²) in [7, 11) is 0. The fourth-order valence-electron chi connectivity index (χ4n) is 1.86. The zero-order valence-electron chi connectivity index (χ0n) is 12.3. The molecule has 1 N–H and O–H groups in total. The summed E-state index contributed by atoms with van der Waals surface area (Å²) in [5, 5.41) is 2.37. The number of carbonyl (C=O) groups excluding carboxylic acids is 2. The van der Waals surface area contributed by atoms with Crippen molar-refractivity contribution in [1.29, 1.82) is 0 Å². The Morgan fingerprint density at radius 1 is 1.12 bits per heavy atom. The van der Waals surface area contributed by atoms with Crippen molar-refractivity contribution < 1.29 is 27.5 Å². The lowest BCUT2D eigenvalue weighted by Crippen LogP contribution is -2.21. The van der Waals surface area contributed by atoms with Gasteiger partial charge in [-0.1, -0.05) is 11.6 Å². The average Bonchev–Trinajstić information content (AvgIpc) is 2.54. The third-order valence-corrected chi connectivity index (χ3v) is 3.22. The predicted octanol–water partition coefficient (Wildman–Crippen LogP) is 3.98. The van der Waals surface area contributed by atoms with E-state index in [-0.39, 0.29) is 17.1 Å². The predicted molar refractivity (Wildman–Crippen MR) is 81.9 cm³/mol. The average molecular weight is 358 g/mol. The van der Waals surface area contributed by atoms with Gasteiger partial charge >= 0.3 is 0 Å². The first-order valence-electron chi connectivity index (χ1n) is 6.66. The molecule has 0 fully saturated rings. The van der Waals surface area contributed by atoms with Crippen molar-refractivity contribution in [3.05, 3.63) is 58.4 Å². The quantitative estimate of drug-likeness (QED) is 0.650. The topological polar surface area (TPSA) is 55.4 Å². The van der Waals surface area contributed by atoms with E-state index in [4.69, 9.17) is 16.3 Å². The SMILES string of the molecule is CC(=O)c1cc(Cl)ccc1OCC(=O)Nc1ccc(F)c(F)c1F. The molecule has 0 saturated heterocycles. The van der Waals surface area contributed by atoms with Gasteiger partial charge in [0.05, 0.1) is 11.3 Å². The molecule has 2 aromatic carbocycles. The molecule has 0 spiro atoms. The van der Waals surface area contributed by atoms with Gasteiger partial charge in [-0.15, -0.1) is 0 Å². The molecule has 0 aliphatic carbocycles. The van der Waals surface area contributed by atoms with Crippen molar-refractivity contribution in [3.8, 4) is 5.75 Å². The van der Waals surface area contributed by atoms with Crippen molar-refractivity contribution >= 4 is 29.0 Å². The Hall–Kier alpha value is -2.54. The van der Waals surface area contributed by atoms with Gasteiger partial charge in [0.25, 0.3) is 5.91 Å². The van der Waals surface area contributed by atoms with Gasteiger partial charge in [0.1, 0.15) is 5.75 Å². The molecule has 4 nitrogen and oxygen atoms in total. The van der Waals surface area contributed by atoms with Gasteiger partial charge in [-0.05, 0) is 37.3 Å². The molecule has 2 aromatic rings. The van der Waals surface area contributed by atoms with Crippen LogP contribution in [0.3, 0.4) is 0 Å². The number of anilines is 1. The minimum atomic E-state index is -1.69. The van der Waals surface area contributed by atoms with E-state index in [2.05, 4.69) is 5.32 Å². The summed E-state index contributed by atoms with van der Waals surface area (Å²) < 4.78 is 44.6. The lowest BCUT2D eigenvalue weighted by Gasteiger charge is -2.11. The first-order chi connectivity index (χ1) is 11.3. The Morgan fingerprint density at radius 2 is 1.83 bits per heavy atom. The summed E-state index contributed by atoms with van der Waals surface area (Å²) in [5.74, 6) is -5.59. The third kappa shape index (κ3) is 4.05. The zero-order chi connectivity index (χ0) is 17.9. The Labute approximate surface area is 140 Å². The number of ketones is 1. The van der Waals surface area contributed by atoms with Crippen molar-refractivity contribution in [2.75, 3.05) is 11.9 Å². The number of hydrogen-bond donors (Lipinski definition) is 1. The van der Waals surface area contributed by atoms with Crippen LogP contribution in [0.15, 0.2) is 30.3 Å². The third-order valence-electron chi connectivity index (χ3n) is 2.99. The van der Waals surface area contributed by atoms with E-state index in [9.17, 15) is 22.8 Å². The number of nitrogens with one attached hydrogen (secondary N) is 1. The van der Waals surface area contributed by atoms with Crippen molar-refractivity contribution in [2.24, 2.45) is 0 Å².